The molecule has 0 spiro atoms. The molecule has 0 saturated heterocycles. The Kier molecular flexibility index (Phi) is 5.87. The van der Waals surface area contributed by atoms with Crippen LogP contribution in [0.3, 0.4) is 0 Å². The normalized spacial score (nSPS) is 12.1. The van der Waals surface area contributed by atoms with Gasteiger partial charge in [-0.15, -0.1) is 0 Å². The van der Waals surface area contributed by atoms with Crippen LogP contribution < -0.4 is 10.1 Å². The zero-order valence-corrected chi connectivity index (χ0v) is 11.9. The summed E-state index contributed by atoms with van der Waals surface area (Å²) in [6.45, 7) is 1.45. The maximum absolute atomic E-state index is 9.82. The third-order valence-electron chi connectivity index (χ3n) is 2.81. The van der Waals surface area contributed by atoms with E-state index in [0.29, 0.717) is 13.1 Å². The SMILES string of the molecule is O[C@@H](CNCc1ccc(Cl)cc1)COc1ccccc1. The fourth-order valence-electron chi connectivity index (χ4n) is 1.75. The van der Waals surface area contributed by atoms with Gasteiger partial charge < -0.3 is 15.2 Å². The molecule has 106 valence electrons. The number of aliphatic hydroxyl groups excluding tert-OH is 1. The van der Waals surface area contributed by atoms with Gasteiger partial charge in [-0.25, -0.2) is 0 Å². The lowest BCUT2D eigenvalue weighted by Gasteiger charge is -2.13. The summed E-state index contributed by atoms with van der Waals surface area (Å²) in [4.78, 5) is 0. The van der Waals surface area contributed by atoms with Gasteiger partial charge >= 0.3 is 0 Å². The Morgan fingerprint density at radius 3 is 2.45 bits per heavy atom. The Labute approximate surface area is 124 Å². The topological polar surface area (TPSA) is 41.5 Å². The molecule has 0 unspecified atom stereocenters. The van der Waals surface area contributed by atoms with E-state index in [9.17, 15) is 5.11 Å². The highest BCUT2D eigenvalue weighted by Crippen LogP contribution is 2.10. The highest BCUT2D eigenvalue weighted by Gasteiger charge is 2.04. The van der Waals surface area contributed by atoms with Gasteiger partial charge in [0.2, 0.25) is 0 Å². The van der Waals surface area contributed by atoms with Crippen molar-refractivity contribution in [3.8, 4) is 5.75 Å². The second-order valence-corrected chi connectivity index (χ2v) is 4.97. The van der Waals surface area contributed by atoms with Crippen molar-refractivity contribution in [2.75, 3.05) is 13.2 Å². The Morgan fingerprint density at radius 2 is 1.75 bits per heavy atom. The summed E-state index contributed by atoms with van der Waals surface area (Å²) in [5, 5.41) is 13.7. The summed E-state index contributed by atoms with van der Waals surface area (Å²) >= 11 is 5.82. The smallest absolute Gasteiger partial charge is 0.119 e. The predicted molar refractivity (Wildman–Crippen MR) is 81.1 cm³/mol. The van der Waals surface area contributed by atoms with Crippen LogP contribution in [0.4, 0.5) is 0 Å². The first-order valence-electron chi connectivity index (χ1n) is 6.55. The van der Waals surface area contributed by atoms with Crippen molar-refractivity contribution in [1.82, 2.24) is 5.32 Å². The van der Waals surface area contributed by atoms with Gasteiger partial charge in [-0.3, -0.25) is 0 Å². The van der Waals surface area contributed by atoms with Gasteiger partial charge in [0.05, 0.1) is 0 Å². The van der Waals surface area contributed by atoms with Crippen LogP contribution in [0.2, 0.25) is 5.02 Å². The van der Waals surface area contributed by atoms with E-state index in [-0.39, 0.29) is 6.61 Å². The van der Waals surface area contributed by atoms with Gasteiger partial charge in [0, 0.05) is 18.1 Å². The summed E-state index contributed by atoms with van der Waals surface area (Å²) < 4.78 is 5.48. The molecule has 2 aromatic rings. The Hall–Kier alpha value is -1.55. The Balaban J connectivity index is 1.65. The number of hydrogen-bond donors (Lipinski definition) is 2. The van der Waals surface area contributed by atoms with Crippen molar-refractivity contribution < 1.29 is 9.84 Å². The largest absolute Gasteiger partial charge is 0.491 e. The molecule has 0 fully saturated rings. The molecule has 2 rings (SSSR count). The van der Waals surface area contributed by atoms with Gasteiger partial charge in [-0.1, -0.05) is 41.9 Å². The molecule has 1 atom stereocenters. The van der Waals surface area contributed by atoms with Crippen LogP contribution >= 0.6 is 11.6 Å². The zero-order valence-electron chi connectivity index (χ0n) is 11.1. The fourth-order valence-corrected chi connectivity index (χ4v) is 1.88. The number of hydrogen-bond acceptors (Lipinski definition) is 3. The van der Waals surface area contributed by atoms with E-state index in [0.717, 1.165) is 16.3 Å². The number of rotatable bonds is 7. The highest BCUT2D eigenvalue weighted by molar-refractivity contribution is 6.30. The first-order chi connectivity index (χ1) is 9.74. The number of nitrogens with one attached hydrogen (secondary N) is 1. The third kappa shape index (κ3) is 5.21. The zero-order chi connectivity index (χ0) is 14.2. The van der Waals surface area contributed by atoms with Crippen LogP contribution in [-0.2, 0) is 6.54 Å². The molecular weight excluding hydrogens is 274 g/mol. The molecule has 20 heavy (non-hydrogen) atoms. The first-order valence-corrected chi connectivity index (χ1v) is 6.93. The molecule has 2 aromatic carbocycles. The van der Waals surface area contributed by atoms with Crippen LogP contribution in [-0.4, -0.2) is 24.4 Å². The van der Waals surface area contributed by atoms with Gasteiger partial charge in [0.1, 0.15) is 18.5 Å². The minimum atomic E-state index is -0.539. The number of benzene rings is 2. The summed E-state index contributed by atoms with van der Waals surface area (Å²) in [5.41, 5.74) is 1.13. The van der Waals surface area contributed by atoms with Crippen molar-refractivity contribution >= 4 is 11.6 Å². The maximum atomic E-state index is 9.82. The Bertz CT molecular complexity index is 502. The van der Waals surface area contributed by atoms with Crippen molar-refractivity contribution in [3.05, 3.63) is 65.2 Å². The van der Waals surface area contributed by atoms with E-state index >= 15 is 0 Å². The van der Waals surface area contributed by atoms with Gasteiger partial charge in [-0.2, -0.15) is 0 Å². The predicted octanol–water partition coefficient (Wildman–Crippen LogP) is 2.87. The number of aliphatic hydroxyl groups is 1. The molecule has 0 bridgehead atoms. The molecule has 4 heteroatoms. The van der Waals surface area contributed by atoms with Crippen LogP contribution in [0.25, 0.3) is 0 Å². The fraction of sp³-hybridized carbons (Fsp3) is 0.250. The van der Waals surface area contributed by atoms with E-state index in [4.69, 9.17) is 16.3 Å². The van der Waals surface area contributed by atoms with Gasteiger partial charge in [-0.05, 0) is 29.8 Å². The highest BCUT2D eigenvalue weighted by atomic mass is 35.5. The van der Waals surface area contributed by atoms with Gasteiger partial charge in [0.25, 0.3) is 0 Å². The summed E-state index contributed by atoms with van der Waals surface area (Å²) in [7, 11) is 0. The van der Waals surface area contributed by atoms with E-state index < -0.39 is 6.10 Å². The number of ether oxygens (including phenoxy) is 1. The van der Waals surface area contributed by atoms with Crippen LogP contribution in [0.1, 0.15) is 5.56 Å². The molecule has 0 aliphatic carbocycles. The molecule has 0 aliphatic rings. The molecule has 2 N–H and O–H groups in total. The van der Waals surface area contributed by atoms with Crippen molar-refractivity contribution in [3.63, 3.8) is 0 Å². The minimum absolute atomic E-state index is 0.275. The molecule has 0 amide bonds. The second kappa shape index (κ2) is 7.90. The average molecular weight is 292 g/mol. The van der Waals surface area contributed by atoms with Crippen molar-refractivity contribution in [1.29, 1.82) is 0 Å². The van der Waals surface area contributed by atoms with Crippen LogP contribution in [0.5, 0.6) is 5.75 Å². The lowest BCUT2D eigenvalue weighted by Crippen LogP contribution is -2.31. The monoisotopic (exact) mass is 291 g/mol. The third-order valence-corrected chi connectivity index (χ3v) is 3.06. The standard InChI is InChI=1S/C16H18ClNO2/c17-14-8-6-13(7-9-14)10-18-11-15(19)12-20-16-4-2-1-3-5-16/h1-9,15,18-19H,10-12H2/t15-/m0/s1. The van der Waals surface area contributed by atoms with Gasteiger partial charge in [0.15, 0.2) is 0 Å². The quantitative estimate of drug-likeness (QED) is 0.824. The summed E-state index contributed by atoms with van der Waals surface area (Å²) in [6.07, 6.45) is -0.539. The van der Waals surface area contributed by atoms with E-state index in [2.05, 4.69) is 5.32 Å². The first kappa shape index (κ1) is 14.9. The Morgan fingerprint density at radius 1 is 1.05 bits per heavy atom. The van der Waals surface area contributed by atoms with E-state index in [1.165, 1.54) is 0 Å². The molecule has 3 nitrogen and oxygen atoms in total. The molecule has 0 aliphatic heterocycles. The lowest BCUT2D eigenvalue weighted by molar-refractivity contribution is 0.106. The molecule has 0 heterocycles. The van der Waals surface area contributed by atoms with Crippen molar-refractivity contribution in [2.24, 2.45) is 0 Å². The van der Waals surface area contributed by atoms with Crippen molar-refractivity contribution in [2.45, 2.75) is 12.6 Å². The number of para-hydroxylation sites is 1. The average Bonchev–Trinajstić information content (AvgIpc) is 2.48. The number of halogens is 1. The lowest BCUT2D eigenvalue weighted by atomic mass is 10.2. The van der Waals surface area contributed by atoms with E-state index in [1.807, 2.05) is 54.6 Å². The molecular formula is C16H18ClNO2. The van der Waals surface area contributed by atoms with E-state index in [1.54, 1.807) is 0 Å². The summed E-state index contributed by atoms with van der Waals surface area (Å²) in [5.74, 6) is 0.768. The molecule has 0 aromatic heterocycles. The summed E-state index contributed by atoms with van der Waals surface area (Å²) in [6, 6.07) is 17.1. The minimum Gasteiger partial charge on any atom is -0.491 e. The molecule has 0 radical (unpaired) electrons. The second-order valence-electron chi connectivity index (χ2n) is 4.54. The molecule has 0 saturated carbocycles. The maximum Gasteiger partial charge on any atom is 0.119 e. The van der Waals surface area contributed by atoms with Crippen LogP contribution in [0, 0.1) is 0 Å². The van der Waals surface area contributed by atoms with Crippen LogP contribution in [0.15, 0.2) is 54.6 Å².